The Labute approximate surface area is 251 Å². The van der Waals surface area contributed by atoms with E-state index in [0.29, 0.717) is 0 Å². The molecule has 0 heterocycles. The predicted molar refractivity (Wildman–Crippen MR) is 182 cm³/mol. The molecular formula is C42H38. The molecule has 1 aliphatic rings. The van der Waals surface area contributed by atoms with E-state index in [9.17, 15) is 0 Å². The van der Waals surface area contributed by atoms with Gasteiger partial charge < -0.3 is 0 Å². The molecule has 5 aromatic rings. The van der Waals surface area contributed by atoms with Crippen molar-refractivity contribution in [1.82, 2.24) is 0 Å². The molecule has 0 atom stereocenters. The maximum Gasteiger partial charge on any atom is 0.0159 e. The molecule has 0 unspecified atom stereocenters. The van der Waals surface area contributed by atoms with Gasteiger partial charge in [-0.25, -0.2) is 0 Å². The minimum Gasteiger partial charge on any atom is -0.0912 e. The molecule has 0 amide bonds. The Morgan fingerprint density at radius 3 is 1.76 bits per heavy atom. The van der Waals surface area contributed by atoms with Crippen molar-refractivity contribution in [3.63, 3.8) is 0 Å². The van der Waals surface area contributed by atoms with Crippen molar-refractivity contribution >= 4 is 11.1 Å². The molecule has 0 heteroatoms. The minimum absolute atomic E-state index is 0.0922. The van der Waals surface area contributed by atoms with Crippen molar-refractivity contribution in [1.29, 1.82) is 0 Å². The van der Waals surface area contributed by atoms with Crippen LogP contribution in [0.15, 0.2) is 147 Å². The molecule has 0 nitrogen and oxygen atoms in total. The summed E-state index contributed by atoms with van der Waals surface area (Å²) < 4.78 is 0. The monoisotopic (exact) mass is 542 g/mol. The fourth-order valence-electron chi connectivity index (χ4n) is 6.27. The van der Waals surface area contributed by atoms with Gasteiger partial charge in [-0.15, -0.1) is 0 Å². The summed E-state index contributed by atoms with van der Waals surface area (Å²) in [6.45, 7) is 18.1. The SMILES string of the molecule is C=C(/C=C\C(=C)c1ccc2c(c1)C(C)(C)c1cc(-c3ccccc3)ccc1-2)c1cccc(C(C)(C)c2ccccc2)c1. The van der Waals surface area contributed by atoms with E-state index < -0.39 is 0 Å². The maximum atomic E-state index is 4.44. The van der Waals surface area contributed by atoms with Crippen molar-refractivity contribution in [2.45, 2.75) is 38.5 Å². The lowest BCUT2D eigenvalue weighted by Gasteiger charge is -2.26. The highest BCUT2D eigenvalue weighted by atomic mass is 14.4. The van der Waals surface area contributed by atoms with Crippen molar-refractivity contribution in [2.75, 3.05) is 0 Å². The Hall–Kier alpha value is -4.68. The standard InChI is InChI=1S/C42H38/c1-29(32-16-13-19-36(26-32)41(3,4)35-17-11-8-12-18-35)20-21-30(2)33-22-24-37-38-25-23-34(31-14-9-7-10-15-31)28-40(38)42(5,6)39(37)27-33/h7-28H,1-2H2,3-6H3/b21-20-. The van der Waals surface area contributed by atoms with Crippen LogP contribution in [0.4, 0.5) is 0 Å². The molecular weight excluding hydrogens is 504 g/mol. The second kappa shape index (κ2) is 10.6. The van der Waals surface area contributed by atoms with Crippen LogP contribution in [0.2, 0.25) is 0 Å². The zero-order valence-electron chi connectivity index (χ0n) is 25.1. The molecule has 0 N–H and O–H groups in total. The average Bonchev–Trinajstić information content (AvgIpc) is 3.25. The van der Waals surface area contributed by atoms with Gasteiger partial charge in [0.2, 0.25) is 0 Å². The second-order valence-corrected chi connectivity index (χ2v) is 12.5. The summed E-state index contributed by atoms with van der Waals surface area (Å²) in [5.41, 5.74) is 14.5. The first-order valence-electron chi connectivity index (χ1n) is 14.7. The van der Waals surface area contributed by atoms with E-state index >= 15 is 0 Å². The molecule has 42 heavy (non-hydrogen) atoms. The topological polar surface area (TPSA) is 0 Å². The molecule has 6 rings (SSSR count). The van der Waals surface area contributed by atoms with E-state index in [1.807, 2.05) is 0 Å². The first-order valence-corrected chi connectivity index (χ1v) is 14.7. The summed E-state index contributed by atoms with van der Waals surface area (Å²) in [5.74, 6) is 0. The maximum absolute atomic E-state index is 4.44. The van der Waals surface area contributed by atoms with E-state index in [1.165, 1.54) is 44.5 Å². The third-order valence-corrected chi connectivity index (χ3v) is 9.09. The number of hydrogen-bond acceptors (Lipinski definition) is 0. The van der Waals surface area contributed by atoms with Crippen LogP contribution in [-0.4, -0.2) is 0 Å². The van der Waals surface area contributed by atoms with Crippen LogP contribution in [0.1, 0.15) is 61.1 Å². The number of fused-ring (bicyclic) bond motifs is 3. The molecule has 0 bridgehead atoms. The van der Waals surface area contributed by atoms with E-state index in [4.69, 9.17) is 0 Å². The quantitative estimate of drug-likeness (QED) is 0.179. The van der Waals surface area contributed by atoms with E-state index in [1.54, 1.807) is 0 Å². The van der Waals surface area contributed by atoms with Gasteiger partial charge in [-0.05, 0) is 78.9 Å². The van der Waals surface area contributed by atoms with Crippen LogP contribution in [0.25, 0.3) is 33.4 Å². The molecule has 0 saturated carbocycles. The summed E-state index contributed by atoms with van der Waals surface area (Å²) in [4.78, 5) is 0. The largest absolute Gasteiger partial charge is 0.0912 e. The number of hydrogen-bond donors (Lipinski definition) is 0. The first kappa shape index (κ1) is 27.5. The van der Waals surface area contributed by atoms with Crippen LogP contribution in [0.3, 0.4) is 0 Å². The zero-order valence-corrected chi connectivity index (χ0v) is 25.1. The fourth-order valence-corrected chi connectivity index (χ4v) is 6.27. The normalized spacial score (nSPS) is 13.5. The highest BCUT2D eigenvalue weighted by Crippen LogP contribution is 2.50. The predicted octanol–water partition coefficient (Wildman–Crippen LogP) is 11.3. The van der Waals surface area contributed by atoms with Gasteiger partial charge in [-0.3, -0.25) is 0 Å². The molecule has 5 aromatic carbocycles. The molecule has 206 valence electrons. The lowest BCUT2D eigenvalue weighted by atomic mass is 9.77. The highest BCUT2D eigenvalue weighted by molar-refractivity contribution is 5.87. The van der Waals surface area contributed by atoms with Crippen LogP contribution < -0.4 is 0 Å². The summed E-state index contributed by atoms with van der Waals surface area (Å²) in [7, 11) is 0. The van der Waals surface area contributed by atoms with Gasteiger partial charge in [0.1, 0.15) is 0 Å². The van der Waals surface area contributed by atoms with Gasteiger partial charge in [0.15, 0.2) is 0 Å². The Morgan fingerprint density at radius 1 is 0.548 bits per heavy atom. The lowest BCUT2D eigenvalue weighted by molar-refractivity contribution is 0.640. The smallest absolute Gasteiger partial charge is 0.0159 e. The van der Waals surface area contributed by atoms with Crippen molar-refractivity contribution in [3.05, 3.63) is 180 Å². The van der Waals surface area contributed by atoms with E-state index in [-0.39, 0.29) is 10.8 Å². The second-order valence-electron chi connectivity index (χ2n) is 12.5. The minimum atomic E-state index is -0.0957. The van der Waals surface area contributed by atoms with Gasteiger partial charge in [0.25, 0.3) is 0 Å². The Bertz CT molecular complexity index is 1830. The molecule has 1 aliphatic carbocycles. The molecule has 0 aliphatic heterocycles. The molecule has 0 saturated heterocycles. The zero-order chi connectivity index (χ0) is 29.5. The first-order chi connectivity index (χ1) is 20.2. The fraction of sp³-hybridized carbons (Fsp3) is 0.143. The van der Waals surface area contributed by atoms with Crippen molar-refractivity contribution < 1.29 is 0 Å². The number of allylic oxidation sites excluding steroid dienone is 4. The molecule has 0 spiro atoms. The van der Waals surface area contributed by atoms with Crippen LogP contribution >= 0.6 is 0 Å². The molecule has 0 fully saturated rings. The Kier molecular flexibility index (Phi) is 6.95. The van der Waals surface area contributed by atoms with Crippen molar-refractivity contribution in [3.8, 4) is 22.3 Å². The summed E-state index contributed by atoms with van der Waals surface area (Å²) in [6.07, 6.45) is 4.19. The van der Waals surface area contributed by atoms with Crippen LogP contribution in [-0.2, 0) is 10.8 Å². The van der Waals surface area contributed by atoms with Crippen molar-refractivity contribution in [2.24, 2.45) is 0 Å². The summed E-state index contributed by atoms with van der Waals surface area (Å²) in [5, 5.41) is 0. The van der Waals surface area contributed by atoms with Gasteiger partial charge in [0, 0.05) is 10.8 Å². The van der Waals surface area contributed by atoms with Gasteiger partial charge in [-0.1, -0.05) is 162 Å². The number of benzene rings is 5. The van der Waals surface area contributed by atoms with Crippen LogP contribution in [0, 0.1) is 0 Å². The van der Waals surface area contributed by atoms with E-state index in [2.05, 4.69) is 174 Å². The Morgan fingerprint density at radius 2 is 1.10 bits per heavy atom. The third-order valence-electron chi connectivity index (χ3n) is 9.09. The van der Waals surface area contributed by atoms with Crippen LogP contribution in [0.5, 0.6) is 0 Å². The molecule has 0 aromatic heterocycles. The molecule has 0 radical (unpaired) electrons. The number of rotatable bonds is 7. The Balaban J connectivity index is 1.23. The van der Waals surface area contributed by atoms with Gasteiger partial charge in [0.05, 0.1) is 0 Å². The summed E-state index contributed by atoms with van der Waals surface area (Å²) >= 11 is 0. The van der Waals surface area contributed by atoms with Gasteiger partial charge in [-0.2, -0.15) is 0 Å². The van der Waals surface area contributed by atoms with E-state index in [0.717, 1.165) is 22.3 Å². The summed E-state index contributed by atoms with van der Waals surface area (Å²) in [6, 6.07) is 43.8. The lowest BCUT2D eigenvalue weighted by Crippen LogP contribution is -2.18. The third kappa shape index (κ3) is 4.88. The van der Waals surface area contributed by atoms with Gasteiger partial charge >= 0.3 is 0 Å². The average molecular weight is 543 g/mol. The highest BCUT2D eigenvalue weighted by Gasteiger charge is 2.35.